The summed E-state index contributed by atoms with van der Waals surface area (Å²) in [6.45, 7) is 7.59. The van der Waals surface area contributed by atoms with Crippen molar-refractivity contribution < 1.29 is 22.8 Å². The molecule has 0 bridgehead atoms. The van der Waals surface area contributed by atoms with E-state index in [1.54, 1.807) is 12.1 Å². The average Bonchev–Trinajstić information content (AvgIpc) is 3.42. The third-order valence-corrected chi connectivity index (χ3v) is 6.71. The number of anilines is 3. The molecule has 2 heterocycles. The predicted molar refractivity (Wildman–Crippen MR) is 139 cm³/mol. The normalized spacial score (nSPS) is 14.2. The number of aryl methyl sites for hydroxylation is 1. The minimum Gasteiger partial charge on any atom is -0.464 e. The molecule has 4 rings (SSSR count). The van der Waals surface area contributed by atoms with Crippen LogP contribution in [0.15, 0.2) is 38.3 Å². The van der Waals surface area contributed by atoms with Crippen LogP contribution in [0.5, 0.6) is 0 Å². The molecule has 2 aromatic carbocycles. The van der Waals surface area contributed by atoms with Crippen LogP contribution in [0.2, 0.25) is 5.02 Å². The molecule has 1 aliphatic rings. The maximum atomic E-state index is 13.2. The number of hydrogen-bond acceptors (Lipinski definition) is 7. The molecule has 1 atom stereocenters. The number of benzene rings is 1. The van der Waals surface area contributed by atoms with Gasteiger partial charge < -0.3 is 25.3 Å². The monoisotopic (exact) mass is 548 g/mol. The molecule has 0 radical (unpaired) electrons. The lowest BCUT2D eigenvalue weighted by atomic mass is 9.85. The summed E-state index contributed by atoms with van der Waals surface area (Å²) in [6, 6.07) is 6.26. The summed E-state index contributed by atoms with van der Waals surface area (Å²) in [5, 5.41) is 8.45. The van der Waals surface area contributed by atoms with Crippen molar-refractivity contribution in [2.45, 2.75) is 46.7 Å². The molecule has 3 N–H and O–H groups in total. The predicted octanol–water partition coefficient (Wildman–Crippen LogP) is 4.12. The minimum absolute atomic E-state index is 0.00694. The fourth-order valence-electron chi connectivity index (χ4n) is 4.37. The smallest absolute Gasteiger partial charge is 0.315 e. The van der Waals surface area contributed by atoms with E-state index < -0.39 is 35.1 Å². The Kier molecular flexibility index (Phi) is 7.33. The van der Waals surface area contributed by atoms with E-state index in [1.165, 1.54) is 11.0 Å². The number of rotatable bonds is 9. The Morgan fingerprint density at radius 3 is 2.39 bits per heavy atom. The number of nitrogens with zero attached hydrogens (tertiary/aromatic N) is 1. The highest BCUT2D eigenvalue weighted by molar-refractivity contribution is 6.32. The third-order valence-electron chi connectivity index (χ3n) is 6.36. The number of furan rings is 1. The summed E-state index contributed by atoms with van der Waals surface area (Å²) in [7, 11) is 0. The Morgan fingerprint density at radius 1 is 1.11 bits per heavy atom. The quantitative estimate of drug-likeness (QED) is 0.344. The first-order valence-electron chi connectivity index (χ1n) is 11.9. The average molecular weight is 549 g/mol. The zero-order valence-corrected chi connectivity index (χ0v) is 22.0. The molecule has 0 saturated heterocycles. The molecule has 9 nitrogen and oxygen atoms in total. The fraction of sp³-hybridized carbons (Fsp3) is 0.385. The molecule has 1 aliphatic heterocycles. The van der Waals surface area contributed by atoms with Crippen molar-refractivity contribution >= 4 is 40.5 Å². The Balaban J connectivity index is 1.59. The molecule has 0 fully saturated rings. The van der Waals surface area contributed by atoms with Crippen LogP contribution < -0.4 is 26.8 Å². The van der Waals surface area contributed by atoms with Crippen LogP contribution in [-0.4, -0.2) is 36.2 Å². The second kappa shape index (κ2) is 10.2. The number of amides is 2. The molecule has 12 heteroatoms. The van der Waals surface area contributed by atoms with Gasteiger partial charge in [0.2, 0.25) is 0 Å². The van der Waals surface area contributed by atoms with Gasteiger partial charge in [-0.3, -0.25) is 19.2 Å². The van der Waals surface area contributed by atoms with Gasteiger partial charge in [-0.2, -0.15) is 8.78 Å². The fourth-order valence-corrected chi connectivity index (χ4v) is 4.59. The van der Waals surface area contributed by atoms with Crippen LogP contribution in [-0.2, 0) is 11.3 Å². The van der Waals surface area contributed by atoms with E-state index in [2.05, 4.69) is 16.0 Å². The number of carbonyl (C=O) groups is 2. The van der Waals surface area contributed by atoms with Crippen molar-refractivity contribution in [2.75, 3.05) is 23.7 Å². The summed E-state index contributed by atoms with van der Waals surface area (Å²) < 4.78 is 30.7. The van der Waals surface area contributed by atoms with Gasteiger partial charge in [0.05, 0.1) is 17.3 Å². The van der Waals surface area contributed by atoms with Crippen LogP contribution in [0.25, 0.3) is 0 Å². The molecule has 0 unspecified atom stereocenters. The number of carbonyl (C=O) groups excluding carboxylic acids is 2. The highest BCUT2D eigenvalue weighted by atomic mass is 35.5. The Bertz CT molecular complexity index is 1470. The molecular weight excluding hydrogens is 522 g/mol. The van der Waals surface area contributed by atoms with Crippen molar-refractivity contribution in [1.82, 2.24) is 10.2 Å². The highest BCUT2D eigenvalue weighted by Crippen LogP contribution is 2.39. The topological polar surface area (TPSA) is 121 Å². The number of fused-ring (bicyclic) bond motifs is 1. The number of halogens is 3. The largest absolute Gasteiger partial charge is 0.464 e. The summed E-state index contributed by atoms with van der Waals surface area (Å²) >= 11 is 6.32. The summed E-state index contributed by atoms with van der Waals surface area (Å²) in [5.74, 6) is -0.574. The summed E-state index contributed by atoms with van der Waals surface area (Å²) in [6.07, 6.45) is -3.15. The molecular formula is C26H27ClF2N4O5. The zero-order chi connectivity index (χ0) is 27.9. The first kappa shape index (κ1) is 27.3. The zero-order valence-electron chi connectivity index (χ0n) is 21.2. The summed E-state index contributed by atoms with van der Waals surface area (Å²) in [4.78, 5) is 50.8. The van der Waals surface area contributed by atoms with Crippen LogP contribution in [0.4, 0.5) is 25.8 Å². The summed E-state index contributed by atoms with van der Waals surface area (Å²) in [5.41, 5.74) is -0.796. The van der Waals surface area contributed by atoms with E-state index >= 15 is 0 Å². The Hall–Kier alpha value is -3.73. The van der Waals surface area contributed by atoms with Crippen molar-refractivity contribution in [3.63, 3.8) is 0 Å². The SMILES string of the molecule is Cc1ccc([C@H](Nc2c(Nc3ccc(Cl)c4c3C(=O)N(CCNC(=O)C(F)F)C4)c(=O)c2=O)C(C)(C)C)o1. The van der Waals surface area contributed by atoms with E-state index in [9.17, 15) is 28.0 Å². The Labute approximate surface area is 221 Å². The second-order valence-corrected chi connectivity index (χ2v) is 10.6. The van der Waals surface area contributed by atoms with E-state index in [0.29, 0.717) is 22.1 Å². The molecule has 202 valence electrons. The van der Waals surface area contributed by atoms with Gasteiger partial charge in [0.15, 0.2) is 0 Å². The molecule has 0 spiro atoms. The van der Waals surface area contributed by atoms with Crippen LogP contribution >= 0.6 is 11.6 Å². The van der Waals surface area contributed by atoms with E-state index in [1.807, 2.05) is 33.8 Å². The lowest BCUT2D eigenvalue weighted by molar-refractivity contribution is -0.131. The van der Waals surface area contributed by atoms with Crippen molar-refractivity contribution in [3.05, 3.63) is 72.4 Å². The molecule has 3 aromatic rings. The first-order valence-corrected chi connectivity index (χ1v) is 12.3. The van der Waals surface area contributed by atoms with Crippen molar-refractivity contribution in [2.24, 2.45) is 5.41 Å². The number of alkyl halides is 2. The van der Waals surface area contributed by atoms with Crippen LogP contribution in [0, 0.1) is 12.3 Å². The minimum atomic E-state index is -3.15. The standard InChI is InChI=1S/C26H27ClF2N4O5/c1-12-5-8-16(38-12)22(26(2,3)4)32-19-18(20(34)21(19)35)31-15-7-6-14(27)13-11-33(25(37)17(13)15)10-9-30-24(36)23(28)29/h5-8,22-23,31-32H,9-11H2,1-4H3,(H,30,36)/t22-/m0/s1. The van der Waals surface area contributed by atoms with Crippen LogP contribution in [0.1, 0.15) is 54.3 Å². The number of nitrogens with one attached hydrogen (secondary N) is 3. The van der Waals surface area contributed by atoms with Crippen LogP contribution in [0.3, 0.4) is 0 Å². The maximum Gasteiger partial charge on any atom is 0.315 e. The van der Waals surface area contributed by atoms with Gasteiger partial charge in [-0.15, -0.1) is 0 Å². The maximum absolute atomic E-state index is 13.2. The van der Waals surface area contributed by atoms with Gasteiger partial charge in [0.1, 0.15) is 22.9 Å². The van der Waals surface area contributed by atoms with E-state index in [0.717, 1.165) is 0 Å². The van der Waals surface area contributed by atoms with Gasteiger partial charge in [-0.25, -0.2) is 0 Å². The van der Waals surface area contributed by atoms with Gasteiger partial charge in [0.25, 0.3) is 22.7 Å². The molecule has 0 aliphatic carbocycles. The van der Waals surface area contributed by atoms with Gasteiger partial charge in [0, 0.05) is 30.2 Å². The molecule has 0 saturated carbocycles. The van der Waals surface area contributed by atoms with Gasteiger partial charge >= 0.3 is 6.43 Å². The van der Waals surface area contributed by atoms with E-state index in [-0.39, 0.29) is 47.7 Å². The lowest BCUT2D eigenvalue weighted by Crippen LogP contribution is -2.39. The van der Waals surface area contributed by atoms with E-state index in [4.69, 9.17) is 16.0 Å². The van der Waals surface area contributed by atoms with Gasteiger partial charge in [-0.1, -0.05) is 32.4 Å². The highest BCUT2D eigenvalue weighted by Gasteiger charge is 2.35. The Morgan fingerprint density at radius 2 is 1.79 bits per heavy atom. The second-order valence-electron chi connectivity index (χ2n) is 10.2. The molecule has 1 aromatic heterocycles. The van der Waals surface area contributed by atoms with Crippen molar-refractivity contribution in [3.8, 4) is 0 Å². The number of hydrogen-bond donors (Lipinski definition) is 3. The lowest BCUT2D eigenvalue weighted by Gasteiger charge is -2.31. The van der Waals surface area contributed by atoms with Crippen molar-refractivity contribution in [1.29, 1.82) is 0 Å². The molecule has 38 heavy (non-hydrogen) atoms. The first-order chi connectivity index (χ1) is 17.8. The third kappa shape index (κ3) is 5.15. The molecule has 2 amide bonds. The van der Waals surface area contributed by atoms with Gasteiger partial charge in [-0.05, 0) is 36.6 Å².